The van der Waals surface area contributed by atoms with Crippen molar-refractivity contribution >= 4 is 35.0 Å². The van der Waals surface area contributed by atoms with Gasteiger partial charge in [0.1, 0.15) is 0 Å². The predicted molar refractivity (Wildman–Crippen MR) is 90.6 cm³/mol. The first-order valence-corrected chi connectivity index (χ1v) is 8.11. The fourth-order valence-electron chi connectivity index (χ4n) is 2.08. The van der Waals surface area contributed by atoms with Crippen molar-refractivity contribution in [3.05, 3.63) is 82.6 Å². The second kappa shape index (κ2) is 6.61. The van der Waals surface area contributed by atoms with Gasteiger partial charge in [0.25, 0.3) is 0 Å². The molecule has 0 N–H and O–H groups in total. The molecule has 0 fully saturated rings. The van der Waals surface area contributed by atoms with Crippen molar-refractivity contribution in [2.45, 2.75) is 16.3 Å². The highest BCUT2D eigenvalue weighted by Crippen LogP contribution is 2.34. The van der Waals surface area contributed by atoms with Crippen LogP contribution < -0.4 is 0 Å². The van der Waals surface area contributed by atoms with E-state index >= 15 is 0 Å². The summed E-state index contributed by atoms with van der Waals surface area (Å²) >= 11 is 14.0. The van der Waals surface area contributed by atoms with Gasteiger partial charge in [-0.25, -0.2) is 0 Å². The highest BCUT2D eigenvalue weighted by atomic mass is 35.5. The summed E-state index contributed by atoms with van der Waals surface area (Å²) in [6.07, 6.45) is 4.08. The Kier molecular flexibility index (Phi) is 4.59. The van der Waals surface area contributed by atoms with Gasteiger partial charge in [-0.3, -0.25) is 0 Å². The van der Waals surface area contributed by atoms with Crippen LogP contribution in [0.15, 0.2) is 76.8 Å². The van der Waals surface area contributed by atoms with Gasteiger partial charge in [-0.1, -0.05) is 41.0 Å². The van der Waals surface area contributed by atoms with Crippen LogP contribution in [0.4, 0.5) is 0 Å². The summed E-state index contributed by atoms with van der Waals surface area (Å²) in [4.78, 5) is 2.31. The first-order chi connectivity index (χ1) is 10.2. The van der Waals surface area contributed by atoms with Gasteiger partial charge in [0, 0.05) is 44.3 Å². The van der Waals surface area contributed by atoms with Gasteiger partial charge in [0.2, 0.25) is 0 Å². The van der Waals surface area contributed by atoms with Crippen molar-refractivity contribution in [2.24, 2.45) is 0 Å². The Morgan fingerprint density at radius 3 is 2.29 bits per heavy atom. The molecule has 0 saturated carbocycles. The Balaban J connectivity index is 1.90. The molecule has 0 saturated heterocycles. The summed E-state index contributed by atoms with van der Waals surface area (Å²) in [6, 6.07) is 17.9. The largest absolute Gasteiger partial charge is 0.350 e. The molecule has 0 aliphatic heterocycles. The molecule has 0 atom stereocenters. The number of rotatable bonds is 4. The molecule has 21 heavy (non-hydrogen) atoms. The molecule has 3 aromatic rings. The molecule has 0 radical (unpaired) electrons. The van der Waals surface area contributed by atoms with Crippen LogP contribution in [0.5, 0.6) is 0 Å². The van der Waals surface area contributed by atoms with Crippen LogP contribution in [0.25, 0.3) is 0 Å². The van der Waals surface area contributed by atoms with Gasteiger partial charge in [0.05, 0.1) is 0 Å². The van der Waals surface area contributed by atoms with Gasteiger partial charge in [-0.15, -0.1) is 0 Å². The summed E-state index contributed by atoms with van der Waals surface area (Å²) in [5.41, 5.74) is 1.13. The van der Waals surface area contributed by atoms with E-state index in [-0.39, 0.29) is 0 Å². The van der Waals surface area contributed by atoms with E-state index in [1.165, 1.54) is 4.90 Å². The molecule has 1 heterocycles. The van der Waals surface area contributed by atoms with E-state index in [0.717, 1.165) is 27.0 Å². The van der Waals surface area contributed by atoms with Gasteiger partial charge in [-0.2, -0.15) is 0 Å². The summed E-state index contributed by atoms with van der Waals surface area (Å²) in [7, 11) is 0. The lowest BCUT2D eigenvalue weighted by molar-refractivity contribution is 0.792. The Hall–Kier alpha value is -1.35. The molecule has 4 heteroatoms. The minimum atomic E-state index is 0.748. The normalized spacial score (nSPS) is 10.8. The minimum Gasteiger partial charge on any atom is -0.350 e. The number of halogens is 2. The minimum absolute atomic E-state index is 0.748. The lowest BCUT2D eigenvalue weighted by atomic mass is 10.2. The molecule has 0 bridgehead atoms. The molecule has 0 aliphatic rings. The zero-order valence-electron chi connectivity index (χ0n) is 11.2. The van der Waals surface area contributed by atoms with Crippen LogP contribution in [0.1, 0.15) is 5.56 Å². The maximum absolute atomic E-state index is 6.39. The van der Waals surface area contributed by atoms with Crippen LogP contribution in [0.3, 0.4) is 0 Å². The first kappa shape index (κ1) is 14.6. The molecular formula is C17H13Cl2NS. The number of benzene rings is 2. The Labute approximate surface area is 138 Å². The van der Waals surface area contributed by atoms with Crippen molar-refractivity contribution in [3.63, 3.8) is 0 Å². The van der Waals surface area contributed by atoms with Crippen LogP contribution >= 0.6 is 35.0 Å². The topological polar surface area (TPSA) is 4.93 Å². The molecule has 3 rings (SSSR count). The van der Waals surface area contributed by atoms with Crippen molar-refractivity contribution < 1.29 is 0 Å². The second-order valence-corrected chi connectivity index (χ2v) is 6.59. The van der Waals surface area contributed by atoms with E-state index in [4.69, 9.17) is 23.2 Å². The number of nitrogens with zero attached hydrogens (tertiary/aromatic N) is 1. The van der Waals surface area contributed by atoms with Crippen molar-refractivity contribution in [3.8, 4) is 0 Å². The molecule has 2 aromatic carbocycles. The molecular weight excluding hydrogens is 321 g/mol. The van der Waals surface area contributed by atoms with Crippen LogP contribution in [-0.4, -0.2) is 4.57 Å². The number of hydrogen-bond acceptors (Lipinski definition) is 1. The van der Waals surface area contributed by atoms with Crippen molar-refractivity contribution in [2.75, 3.05) is 0 Å². The molecule has 1 nitrogen and oxygen atoms in total. The zero-order chi connectivity index (χ0) is 14.7. The van der Waals surface area contributed by atoms with E-state index in [2.05, 4.69) is 10.6 Å². The average molecular weight is 334 g/mol. The van der Waals surface area contributed by atoms with E-state index in [9.17, 15) is 0 Å². The predicted octanol–water partition coefficient (Wildman–Crippen LogP) is 5.99. The van der Waals surface area contributed by atoms with Crippen LogP contribution in [0, 0.1) is 0 Å². The lowest BCUT2D eigenvalue weighted by Gasteiger charge is -2.12. The van der Waals surface area contributed by atoms with Gasteiger partial charge in [-0.05, 0) is 48.5 Å². The van der Waals surface area contributed by atoms with Gasteiger partial charge >= 0.3 is 0 Å². The Bertz CT molecular complexity index is 721. The fraction of sp³-hybridized carbons (Fsp3) is 0.0588. The number of hydrogen-bond donors (Lipinski definition) is 0. The zero-order valence-corrected chi connectivity index (χ0v) is 13.5. The summed E-state index contributed by atoms with van der Waals surface area (Å²) in [6.45, 7) is 0.766. The molecule has 0 spiro atoms. The average Bonchev–Trinajstić information content (AvgIpc) is 2.98. The van der Waals surface area contributed by atoms with E-state index in [0.29, 0.717) is 0 Å². The van der Waals surface area contributed by atoms with Gasteiger partial charge < -0.3 is 4.57 Å². The van der Waals surface area contributed by atoms with E-state index in [1.807, 2.05) is 60.9 Å². The maximum atomic E-state index is 6.39. The molecule has 0 aliphatic carbocycles. The number of aromatic nitrogens is 1. The summed E-state index contributed by atoms with van der Waals surface area (Å²) in [5.74, 6) is 0. The van der Waals surface area contributed by atoms with E-state index in [1.54, 1.807) is 11.8 Å². The standard InChI is InChI=1S/C17H13Cl2NS/c18-13-6-8-14(9-7-13)21-17-5-3-4-16(19)15(17)12-20-10-1-2-11-20/h1-11H,12H2. The molecule has 0 amide bonds. The maximum Gasteiger partial charge on any atom is 0.0496 e. The lowest BCUT2D eigenvalue weighted by Crippen LogP contribution is -1.99. The van der Waals surface area contributed by atoms with Crippen LogP contribution in [0.2, 0.25) is 10.0 Å². The third kappa shape index (κ3) is 3.65. The Morgan fingerprint density at radius 1 is 0.857 bits per heavy atom. The third-order valence-corrected chi connectivity index (χ3v) is 4.84. The smallest absolute Gasteiger partial charge is 0.0496 e. The SMILES string of the molecule is Clc1ccc(Sc2cccc(Cl)c2Cn2cccc2)cc1. The quantitative estimate of drug-likeness (QED) is 0.567. The Morgan fingerprint density at radius 2 is 1.57 bits per heavy atom. The second-order valence-electron chi connectivity index (χ2n) is 4.63. The third-order valence-electron chi connectivity index (χ3n) is 3.12. The first-order valence-electron chi connectivity index (χ1n) is 6.54. The summed E-state index contributed by atoms with van der Waals surface area (Å²) < 4.78 is 2.12. The summed E-state index contributed by atoms with van der Waals surface area (Å²) in [5, 5.41) is 1.54. The van der Waals surface area contributed by atoms with E-state index < -0.39 is 0 Å². The fourth-order valence-corrected chi connectivity index (χ4v) is 3.46. The molecule has 106 valence electrons. The monoisotopic (exact) mass is 333 g/mol. The van der Waals surface area contributed by atoms with Crippen LogP contribution in [-0.2, 0) is 6.54 Å². The van der Waals surface area contributed by atoms with Crippen molar-refractivity contribution in [1.82, 2.24) is 4.57 Å². The molecule has 0 unspecified atom stereocenters. The highest BCUT2D eigenvalue weighted by Gasteiger charge is 2.09. The van der Waals surface area contributed by atoms with Crippen molar-refractivity contribution in [1.29, 1.82) is 0 Å². The van der Waals surface area contributed by atoms with Gasteiger partial charge in [0.15, 0.2) is 0 Å². The molecule has 1 aromatic heterocycles. The highest BCUT2D eigenvalue weighted by molar-refractivity contribution is 7.99.